The number of halogens is 1. The van der Waals surface area contributed by atoms with Crippen molar-refractivity contribution in [1.29, 1.82) is 0 Å². The molecule has 0 aliphatic heterocycles. The zero-order valence-electron chi connectivity index (χ0n) is 13.4. The molecule has 2 aromatic rings. The molecule has 1 aliphatic rings. The summed E-state index contributed by atoms with van der Waals surface area (Å²) in [6.07, 6.45) is 3.28. The second-order valence-electron chi connectivity index (χ2n) is 6.12. The molecular weight excluding hydrogens is 388 g/mol. The molecule has 0 spiro atoms. The van der Waals surface area contributed by atoms with Gasteiger partial charge in [-0.15, -0.1) is 11.3 Å². The molecule has 1 aliphatic carbocycles. The van der Waals surface area contributed by atoms with Crippen LogP contribution in [0.4, 0.5) is 5.69 Å². The molecule has 0 saturated carbocycles. The summed E-state index contributed by atoms with van der Waals surface area (Å²) in [5.74, 6) is 0.257. The Hall–Kier alpha value is -1.66. The fourth-order valence-electron chi connectivity index (χ4n) is 2.82. The van der Waals surface area contributed by atoms with Gasteiger partial charge in [-0.2, -0.15) is 0 Å². The monoisotopic (exact) mass is 406 g/mol. The number of rotatable bonds is 4. The summed E-state index contributed by atoms with van der Waals surface area (Å²) in [4.78, 5) is 26.3. The Labute approximate surface area is 153 Å². The third kappa shape index (κ3) is 4.05. The highest BCUT2D eigenvalue weighted by Crippen LogP contribution is 2.32. The number of benzene rings is 1. The Morgan fingerprint density at radius 3 is 2.92 bits per heavy atom. The lowest BCUT2D eigenvalue weighted by molar-refractivity contribution is -0.115. The van der Waals surface area contributed by atoms with E-state index >= 15 is 0 Å². The molecule has 0 saturated heterocycles. The molecule has 6 heteroatoms. The van der Waals surface area contributed by atoms with Crippen LogP contribution in [-0.4, -0.2) is 18.4 Å². The highest BCUT2D eigenvalue weighted by Gasteiger charge is 2.20. The van der Waals surface area contributed by atoms with Crippen LogP contribution < -0.4 is 10.6 Å². The van der Waals surface area contributed by atoms with Crippen molar-refractivity contribution in [2.75, 3.05) is 11.9 Å². The standard InChI is InChI=1S/C18H19BrN2O2S/c1-11-6-7-15-12(8-11)9-16(24-15)18(23)20-10-17(22)21-14-5-3-2-4-13(14)19/h2-5,9,11H,6-8,10H2,1H3,(H,20,23)(H,21,22)/t11-/m1/s1. The summed E-state index contributed by atoms with van der Waals surface area (Å²) in [7, 11) is 0. The van der Waals surface area contributed by atoms with Gasteiger partial charge in [0.25, 0.3) is 5.91 Å². The van der Waals surface area contributed by atoms with E-state index in [2.05, 4.69) is 33.5 Å². The van der Waals surface area contributed by atoms with Crippen molar-refractivity contribution in [3.63, 3.8) is 0 Å². The van der Waals surface area contributed by atoms with Gasteiger partial charge in [0.2, 0.25) is 5.91 Å². The lowest BCUT2D eigenvalue weighted by Gasteiger charge is -2.16. The van der Waals surface area contributed by atoms with Crippen molar-refractivity contribution in [2.24, 2.45) is 5.92 Å². The molecule has 3 rings (SSSR count). The number of hydrogen-bond donors (Lipinski definition) is 2. The van der Waals surface area contributed by atoms with Gasteiger partial charge in [-0.1, -0.05) is 19.1 Å². The van der Waals surface area contributed by atoms with E-state index in [4.69, 9.17) is 0 Å². The minimum atomic E-state index is -0.245. The number of nitrogens with one attached hydrogen (secondary N) is 2. The van der Waals surface area contributed by atoms with Crippen molar-refractivity contribution in [3.8, 4) is 0 Å². The first kappa shape index (κ1) is 17.2. The first-order valence-corrected chi connectivity index (χ1v) is 9.58. The average Bonchev–Trinajstić information content (AvgIpc) is 2.98. The van der Waals surface area contributed by atoms with Gasteiger partial charge in [0.15, 0.2) is 0 Å². The molecule has 24 heavy (non-hydrogen) atoms. The Morgan fingerprint density at radius 2 is 2.12 bits per heavy atom. The molecule has 0 radical (unpaired) electrons. The maximum Gasteiger partial charge on any atom is 0.261 e. The number of para-hydroxylation sites is 1. The summed E-state index contributed by atoms with van der Waals surface area (Å²) >= 11 is 4.93. The minimum absolute atomic E-state index is 0.0425. The van der Waals surface area contributed by atoms with Gasteiger partial charge < -0.3 is 10.6 Å². The Bertz CT molecular complexity index is 772. The normalized spacial score (nSPS) is 16.3. The van der Waals surface area contributed by atoms with E-state index in [1.54, 1.807) is 17.4 Å². The zero-order valence-corrected chi connectivity index (χ0v) is 15.8. The summed E-state index contributed by atoms with van der Waals surface area (Å²) in [6, 6.07) is 9.36. The molecular formula is C18H19BrN2O2S. The van der Waals surface area contributed by atoms with Crippen LogP contribution in [0.1, 0.15) is 33.5 Å². The first-order chi connectivity index (χ1) is 11.5. The van der Waals surface area contributed by atoms with Gasteiger partial charge in [-0.3, -0.25) is 9.59 Å². The van der Waals surface area contributed by atoms with E-state index in [1.807, 2.05) is 24.3 Å². The Morgan fingerprint density at radius 1 is 1.33 bits per heavy atom. The van der Waals surface area contributed by atoms with E-state index in [9.17, 15) is 9.59 Å². The number of anilines is 1. The van der Waals surface area contributed by atoms with Gasteiger partial charge in [-0.25, -0.2) is 0 Å². The van der Waals surface area contributed by atoms with Crippen LogP contribution in [0.15, 0.2) is 34.8 Å². The van der Waals surface area contributed by atoms with Gasteiger partial charge in [0.1, 0.15) is 0 Å². The molecule has 1 heterocycles. The van der Waals surface area contributed by atoms with Crippen LogP contribution in [0.25, 0.3) is 0 Å². The third-order valence-electron chi connectivity index (χ3n) is 4.11. The van der Waals surface area contributed by atoms with E-state index in [0.717, 1.165) is 17.3 Å². The number of carbonyl (C=O) groups excluding carboxylic acids is 2. The number of carbonyl (C=O) groups is 2. The van der Waals surface area contributed by atoms with E-state index < -0.39 is 0 Å². The van der Waals surface area contributed by atoms with E-state index in [0.29, 0.717) is 16.5 Å². The maximum absolute atomic E-state index is 12.3. The molecule has 0 bridgehead atoms. The second-order valence-corrected chi connectivity index (χ2v) is 8.11. The maximum atomic E-state index is 12.3. The van der Waals surface area contributed by atoms with Crippen molar-refractivity contribution in [1.82, 2.24) is 5.32 Å². The fraction of sp³-hybridized carbons (Fsp3) is 0.333. The van der Waals surface area contributed by atoms with E-state index in [1.165, 1.54) is 16.9 Å². The van der Waals surface area contributed by atoms with Crippen molar-refractivity contribution >= 4 is 44.8 Å². The highest BCUT2D eigenvalue weighted by atomic mass is 79.9. The molecule has 2 amide bonds. The Kier molecular flexibility index (Phi) is 5.36. The topological polar surface area (TPSA) is 58.2 Å². The number of aryl methyl sites for hydroxylation is 1. The first-order valence-electron chi connectivity index (χ1n) is 7.97. The largest absolute Gasteiger partial charge is 0.342 e. The second kappa shape index (κ2) is 7.49. The number of thiophene rings is 1. The fourth-order valence-corrected chi connectivity index (χ4v) is 4.33. The summed E-state index contributed by atoms with van der Waals surface area (Å²) in [5, 5.41) is 5.48. The molecule has 2 N–H and O–H groups in total. The molecule has 1 atom stereocenters. The van der Waals surface area contributed by atoms with Crippen molar-refractivity contribution < 1.29 is 9.59 Å². The van der Waals surface area contributed by atoms with Gasteiger partial charge >= 0.3 is 0 Å². The summed E-state index contributed by atoms with van der Waals surface area (Å²) in [6.45, 7) is 2.20. The highest BCUT2D eigenvalue weighted by molar-refractivity contribution is 9.10. The van der Waals surface area contributed by atoms with Gasteiger partial charge in [0, 0.05) is 9.35 Å². The van der Waals surface area contributed by atoms with Crippen LogP contribution in [-0.2, 0) is 17.6 Å². The zero-order chi connectivity index (χ0) is 17.1. The van der Waals surface area contributed by atoms with Crippen molar-refractivity contribution in [3.05, 3.63) is 50.1 Å². The molecule has 1 aromatic heterocycles. The molecule has 0 fully saturated rings. The predicted molar refractivity (Wildman–Crippen MR) is 101 cm³/mol. The van der Waals surface area contributed by atoms with Crippen LogP contribution in [0.5, 0.6) is 0 Å². The van der Waals surface area contributed by atoms with E-state index in [-0.39, 0.29) is 18.4 Å². The number of fused-ring (bicyclic) bond motifs is 1. The number of hydrogen-bond acceptors (Lipinski definition) is 3. The molecule has 4 nitrogen and oxygen atoms in total. The van der Waals surface area contributed by atoms with Crippen LogP contribution in [0.2, 0.25) is 0 Å². The quantitative estimate of drug-likeness (QED) is 0.805. The van der Waals surface area contributed by atoms with Crippen LogP contribution >= 0.6 is 27.3 Å². The van der Waals surface area contributed by atoms with Crippen LogP contribution in [0, 0.1) is 5.92 Å². The lowest BCUT2D eigenvalue weighted by Crippen LogP contribution is -2.32. The minimum Gasteiger partial charge on any atom is -0.342 e. The summed E-state index contributed by atoms with van der Waals surface area (Å²) < 4.78 is 0.810. The van der Waals surface area contributed by atoms with Gasteiger partial charge in [0.05, 0.1) is 17.1 Å². The summed E-state index contributed by atoms with van der Waals surface area (Å²) in [5.41, 5.74) is 1.99. The lowest BCUT2D eigenvalue weighted by atomic mass is 9.90. The predicted octanol–water partition coefficient (Wildman–Crippen LogP) is 4.00. The molecule has 126 valence electrons. The SMILES string of the molecule is C[C@@H]1CCc2sc(C(=O)NCC(=O)Nc3ccccc3Br)cc2C1. The third-order valence-corrected chi connectivity index (χ3v) is 6.04. The average molecular weight is 407 g/mol. The van der Waals surface area contributed by atoms with Crippen LogP contribution in [0.3, 0.4) is 0 Å². The molecule has 0 unspecified atom stereocenters. The smallest absolute Gasteiger partial charge is 0.261 e. The van der Waals surface area contributed by atoms with Gasteiger partial charge in [-0.05, 0) is 64.9 Å². The molecule has 1 aromatic carbocycles. The van der Waals surface area contributed by atoms with Crippen molar-refractivity contribution in [2.45, 2.75) is 26.2 Å². The Balaban J connectivity index is 1.56. The number of amides is 2.